The molecule has 0 bridgehead atoms. The minimum atomic E-state index is -0.977. The van der Waals surface area contributed by atoms with Crippen molar-refractivity contribution in [2.24, 2.45) is 11.7 Å². The van der Waals surface area contributed by atoms with Gasteiger partial charge in [-0.25, -0.2) is 4.79 Å². The van der Waals surface area contributed by atoms with E-state index in [9.17, 15) is 9.59 Å². The number of aliphatic carboxylic acids is 1. The molecule has 86 valence electrons. The van der Waals surface area contributed by atoms with Gasteiger partial charge in [0.15, 0.2) is 0 Å². The van der Waals surface area contributed by atoms with Crippen molar-refractivity contribution in [1.82, 2.24) is 4.98 Å². The predicted octanol–water partition coefficient (Wildman–Crippen LogP) is 0.687. The SMILES string of the molecule is CC(CN(C(N)=O)c1cccnc1)C(=O)O. The van der Waals surface area contributed by atoms with Gasteiger partial charge in [-0.1, -0.05) is 6.92 Å². The van der Waals surface area contributed by atoms with Crippen molar-refractivity contribution in [1.29, 1.82) is 0 Å². The summed E-state index contributed by atoms with van der Waals surface area (Å²) in [6, 6.07) is 2.60. The Morgan fingerprint density at radius 1 is 1.62 bits per heavy atom. The van der Waals surface area contributed by atoms with E-state index in [2.05, 4.69) is 4.98 Å². The molecule has 0 aliphatic rings. The lowest BCUT2D eigenvalue weighted by molar-refractivity contribution is -0.140. The van der Waals surface area contributed by atoms with E-state index in [0.717, 1.165) is 0 Å². The minimum absolute atomic E-state index is 0.0242. The molecule has 0 aromatic carbocycles. The second-order valence-electron chi connectivity index (χ2n) is 3.40. The van der Waals surface area contributed by atoms with Gasteiger partial charge in [-0.15, -0.1) is 0 Å². The van der Waals surface area contributed by atoms with E-state index >= 15 is 0 Å². The smallest absolute Gasteiger partial charge is 0.319 e. The number of rotatable bonds is 4. The number of carboxylic acid groups (broad SMARTS) is 1. The van der Waals surface area contributed by atoms with Crippen LogP contribution in [0.25, 0.3) is 0 Å². The molecule has 0 aliphatic heterocycles. The van der Waals surface area contributed by atoms with Gasteiger partial charge in [-0.3, -0.25) is 14.7 Å². The van der Waals surface area contributed by atoms with Crippen molar-refractivity contribution in [2.45, 2.75) is 6.92 Å². The molecule has 3 N–H and O–H groups in total. The van der Waals surface area contributed by atoms with Crippen molar-refractivity contribution in [3.63, 3.8) is 0 Å². The Kier molecular flexibility index (Phi) is 3.82. The summed E-state index contributed by atoms with van der Waals surface area (Å²) in [7, 11) is 0. The van der Waals surface area contributed by atoms with Crippen molar-refractivity contribution in [3.8, 4) is 0 Å². The number of nitrogens with two attached hydrogens (primary N) is 1. The molecule has 0 fully saturated rings. The molecule has 1 rings (SSSR count). The Balaban J connectivity index is 2.85. The average Bonchev–Trinajstić information content (AvgIpc) is 2.26. The predicted molar refractivity (Wildman–Crippen MR) is 58.0 cm³/mol. The van der Waals surface area contributed by atoms with E-state index in [1.807, 2.05) is 0 Å². The first-order valence-electron chi connectivity index (χ1n) is 4.72. The average molecular weight is 223 g/mol. The van der Waals surface area contributed by atoms with Crippen LogP contribution in [0.3, 0.4) is 0 Å². The summed E-state index contributed by atoms with van der Waals surface area (Å²) in [5.41, 5.74) is 5.67. The first kappa shape index (κ1) is 12.0. The molecule has 0 saturated heterocycles. The first-order valence-corrected chi connectivity index (χ1v) is 4.72. The molecule has 2 amide bonds. The third-order valence-electron chi connectivity index (χ3n) is 2.10. The van der Waals surface area contributed by atoms with Crippen LogP contribution >= 0.6 is 0 Å². The number of aromatic nitrogens is 1. The topological polar surface area (TPSA) is 96.5 Å². The quantitative estimate of drug-likeness (QED) is 0.784. The summed E-state index contributed by atoms with van der Waals surface area (Å²) in [6.45, 7) is 1.53. The monoisotopic (exact) mass is 223 g/mol. The number of hydrogen-bond donors (Lipinski definition) is 2. The summed E-state index contributed by atoms with van der Waals surface area (Å²) in [5, 5.41) is 8.77. The Morgan fingerprint density at radius 2 is 2.31 bits per heavy atom. The van der Waals surface area contributed by atoms with Gasteiger partial charge in [0.05, 0.1) is 17.8 Å². The van der Waals surface area contributed by atoms with Crippen molar-refractivity contribution in [3.05, 3.63) is 24.5 Å². The Morgan fingerprint density at radius 3 is 2.75 bits per heavy atom. The van der Waals surface area contributed by atoms with E-state index in [1.165, 1.54) is 18.0 Å². The molecular formula is C10H13N3O3. The number of hydrogen-bond acceptors (Lipinski definition) is 3. The van der Waals surface area contributed by atoms with Crippen LogP contribution in [0.1, 0.15) is 6.92 Å². The fourth-order valence-corrected chi connectivity index (χ4v) is 1.19. The molecule has 0 radical (unpaired) electrons. The largest absolute Gasteiger partial charge is 0.481 e. The zero-order chi connectivity index (χ0) is 12.1. The third kappa shape index (κ3) is 2.94. The highest BCUT2D eigenvalue weighted by atomic mass is 16.4. The van der Waals surface area contributed by atoms with Gasteiger partial charge in [0.2, 0.25) is 0 Å². The molecule has 1 aromatic rings. The van der Waals surface area contributed by atoms with Gasteiger partial charge in [0.1, 0.15) is 0 Å². The number of pyridine rings is 1. The fraction of sp³-hybridized carbons (Fsp3) is 0.300. The molecule has 16 heavy (non-hydrogen) atoms. The second kappa shape index (κ2) is 5.11. The summed E-state index contributed by atoms with van der Waals surface area (Å²) < 4.78 is 0. The second-order valence-corrected chi connectivity index (χ2v) is 3.40. The zero-order valence-corrected chi connectivity index (χ0v) is 8.83. The number of carbonyl (C=O) groups is 2. The van der Waals surface area contributed by atoms with E-state index in [0.29, 0.717) is 5.69 Å². The number of carboxylic acids is 1. The molecule has 0 saturated carbocycles. The molecule has 0 aliphatic carbocycles. The molecule has 0 spiro atoms. The highest BCUT2D eigenvalue weighted by Gasteiger charge is 2.20. The van der Waals surface area contributed by atoms with E-state index < -0.39 is 17.9 Å². The lowest BCUT2D eigenvalue weighted by Gasteiger charge is -2.21. The number of anilines is 1. The molecular weight excluding hydrogens is 210 g/mol. The standard InChI is InChI=1S/C10H13N3O3/c1-7(9(14)15)6-13(10(11)16)8-3-2-4-12-5-8/h2-5,7H,6H2,1H3,(H2,11,16)(H,14,15). The van der Waals surface area contributed by atoms with Crippen LogP contribution in [0.5, 0.6) is 0 Å². The van der Waals surface area contributed by atoms with Gasteiger partial charge in [0.25, 0.3) is 0 Å². The van der Waals surface area contributed by atoms with E-state index in [4.69, 9.17) is 10.8 Å². The van der Waals surface area contributed by atoms with E-state index in [1.54, 1.807) is 18.3 Å². The van der Waals surface area contributed by atoms with Gasteiger partial charge < -0.3 is 10.8 Å². The summed E-state index contributed by atoms with van der Waals surface area (Å²) in [6.07, 6.45) is 3.02. The number of amides is 2. The number of primary amides is 1. The van der Waals surface area contributed by atoms with Crippen LogP contribution in [-0.2, 0) is 4.79 Å². The normalized spacial score (nSPS) is 11.8. The van der Waals surface area contributed by atoms with Gasteiger partial charge in [-0.05, 0) is 12.1 Å². The highest BCUT2D eigenvalue weighted by Crippen LogP contribution is 2.13. The van der Waals surface area contributed by atoms with Gasteiger partial charge >= 0.3 is 12.0 Å². The van der Waals surface area contributed by atoms with Crippen molar-refractivity contribution >= 4 is 17.7 Å². The van der Waals surface area contributed by atoms with Crippen LogP contribution in [0.15, 0.2) is 24.5 Å². The molecule has 6 nitrogen and oxygen atoms in total. The molecule has 1 heterocycles. The maximum Gasteiger partial charge on any atom is 0.319 e. The van der Waals surface area contributed by atoms with Crippen LogP contribution in [-0.4, -0.2) is 28.6 Å². The van der Waals surface area contributed by atoms with Crippen LogP contribution in [0.2, 0.25) is 0 Å². The number of urea groups is 1. The maximum atomic E-state index is 11.2. The van der Waals surface area contributed by atoms with Crippen LogP contribution in [0, 0.1) is 5.92 Å². The Labute approximate surface area is 92.7 Å². The maximum absolute atomic E-state index is 11.2. The summed E-state index contributed by atoms with van der Waals surface area (Å²) in [4.78, 5) is 26.9. The lowest BCUT2D eigenvalue weighted by atomic mass is 10.1. The summed E-state index contributed by atoms with van der Waals surface area (Å²) in [5.74, 6) is -1.66. The van der Waals surface area contributed by atoms with Crippen LogP contribution < -0.4 is 10.6 Å². The van der Waals surface area contributed by atoms with E-state index in [-0.39, 0.29) is 6.54 Å². The lowest BCUT2D eigenvalue weighted by Crippen LogP contribution is -2.40. The fourth-order valence-electron chi connectivity index (χ4n) is 1.19. The molecule has 1 atom stereocenters. The number of carbonyl (C=O) groups excluding carboxylic acids is 1. The van der Waals surface area contributed by atoms with Crippen LogP contribution in [0.4, 0.5) is 10.5 Å². The Bertz CT molecular complexity index is 380. The Hall–Kier alpha value is -2.11. The van der Waals surface area contributed by atoms with Gasteiger partial charge in [0, 0.05) is 12.7 Å². The molecule has 1 unspecified atom stereocenters. The van der Waals surface area contributed by atoms with Gasteiger partial charge in [-0.2, -0.15) is 0 Å². The zero-order valence-electron chi connectivity index (χ0n) is 8.83. The first-order chi connectivity index (χ1) is 7.52. The highest BCUT2D eigenvalue weighted by molar-refractivity contribution is 5.91. The van der Waals surface area contributed by atoms with Crippen molar-refractivity contribution in [2.75, 3.05) is 11.4 Å². The summed E-state index contributed by atoms with van der Waals surface area (Å²) >= 11 is 0. The molecule has 1 aromatic heterocycles. The molecule has 6 heteroatoms. The minimum Gasteiger partial charge on any atom is -0.481 e. The number of nitrogens with zero attached hydrogens (tertiary/aromatic N) is 2. The third-order valence-corrected chi connectivity index (χ3v) is 2.10. The van der Waals surface area contributed by atoms with Crippen molar-refractivity contribution < 1.29 is 14.7 Å².